The molecule has 0 aliphatic heterocycles. The monoisotopic (exact) mass is 295 g/mol. The van der Waals surface area contributed by atoms with Gasteiger partial charge in [-0.1, -0.05) is 32.4 Å². The van der Waals surface area contributed by atoms with Gasteiger partial charge in [-0.25, -0.2) is 12.8 Å². The molecule has 0 spiro atoms. The summed E-state index contributed by atoms with van der Waals surface area (Å²) in [5.74, 6) is -1.45. The number of hydrogen-bond acceptors (Lipinski definition) is 3. The zero-order chi connectivity index (χ0) is 14.1. The van der Waals surface area contributed by atoms with Crippen molar-refractivity contribution in [2.24, 2.45) is 5.41 Å². The molecule has 7 heteroatoms. The number of nitrogens with one attached hydrogen (secondary N) is 1. The largest absolute Gasteiger partial charge is 0.506 e. The highest BCUT2D eigenvalue weighted by Gasteiger charge is 2.22. The summed E-state index contributed by atoms with van der Waals surface area (Å²) in [5, 5.41) is 9.19. The first-order chi connectivity index (χ1) is 8.00. The van der Waals surface area contributed by atoms with E-state index in [2.05, 4.69) is 4.72 Å². The van der Waals surface area contributed by atoms with E-state index in [1.54, 1.807) is 20.8 Å². The summed E-state index contributed by atoms with van der Waals surface area (Å²) in [6.07, 6.45) is 0. The van der Waals surface area contributed by atoms with Crippen molar-refractivity contribution in [1.82, 2.24) is 0 Å². The summed E-state index contributed by atoms with van der Waals surface area (Å²) in [7, 11) is -3.64. The Hall–Kier alpha value is -1.01. The van der Waals surface area contributed by atoms with Gasteiger partial charge < -0.3 is 5.11 Å². The van der Waals surface area contributed by atoms with Crippen molar-refractivity contribution in [3.8, 4) is 5.75 Å². The van der Waals surface area contributed by atoms with Crippen molar-refractivity contribution in [1.29, 1.82) is 0 Å². The van der Waals surface area contributed by atoms with E-state index in [4.69, 9.17) is 11.6 Å². The van der Waals surface area contributed by atoms with Gasteiger partial charge >= 0.3 is 0 Å². The molecule has 0 heterocycles. The average molecular weight is 296 g/mol. The van der Waals surface area contributed by atoms with Crippen LogP contribution >= 0.6 is 11.6 Å². The summed E-state index contributed by atoms with van der Waals surface area (Å²) in [6.45, 7) is 5.30. The fourth-order valence-electron chi connectivity index (χ4n) is 1.39. The number of phenols is 1. The molecule has 2 N–H and O–H groups in total. The van der Waals surface area contributed by atoms with E-state index in [0.29, 0.717) is 0 Å². The van der Waals surface area contributed by atoms with E-state index in [1.807, 2.05) is 0 Å². The van der Waals surface area contributed by atoms with Crippen LogP contribution in [-0.4, -0.2) is 19.3 Å². The predicted molar refractivity (Wildman–Crippen MR) is 69.9 cm³/mol. The summed E-state index contributed by atoms with van der Waals surface area (Å²) >= 11 is 5.53. The van der Waals surface area contributed by atoms with Crippen molar-refractivity contribution < 1.29 is 17.9 Å². The van der Waals surface area contributed by atoms with Crippen molar-refractivity contribution in [3.05, 3.63) is 23.0 Å². The summed E-state index contributed by atoms with van der Waals surface area (Å²) < 4.78 is 38.8. The molecule has 0 amide bonds. The summed E-state index contributed by atoms with van der Waals surface area (Å²) in [6, 6.07) is 1.80. The molecule has 1 rings (SSSR count). The minimum atomic E-state index is -3.64. The number of benzene rings is 1. The molecule has 102 valence electrons. The number of anilines is 1. The summed E-state index contributed by atoms with van der Waals surface area (Å²) in [4.78, 5) is 0. The molecule has 0 saturated carbocycles. The lowest BCUT2D eigenvalue weighted by Gasteiger charge is -2.19. The number of aromatic hydroxyl groups is 1. The van der Waals surface area contributed by atoms with Gasteiger partial charge in [-0.15, -0.1) is 0 Å². The maximum Gasteiger partial charge on any atom is 0.233 e. The van der Waals surface area contributed by atoms with Crippen LogP contribution in [0.5, 0.6) is 5.75 Å². The highest BCUT2D eigenvalue weighted by atomic mass is 35.5. The molecule has 0 aliphatic carbocycles. The average Bonchev–Trinajstić information content (AvgIpc) is 2.09. The number of sulfonamides is 1. The molecular weight excluding hydrogens is 281 g/mol. The quantitative estimate of drug-likeness (QED) is 0.843. The van der Waals surface area contributed by atoms with Gasteiger partial charge in [-0.2, -0.15) is 0 Å². The Balaban J connectivity index is 3.02. The van der Waals surface area contributed by atoms with Crippen molar-refractivity contribution in [3.63, 3.8) is 0 Å². The lowest BCUT2D eigenvalue weighted by molar-refractivity contribution is 0.461. The molecule has 0 aliphatic rings. The van der Waals surface area contributed by atoms with Crippen LogP contribution in [0.1, 0.15) is 20.8 Å². The lowest BCUT2D eigenvalue weighted by Crippen LogP contribution is -2.26. The molecule has 4 nitrogen and oxygen atoms in total. The van der Waals surface area contributed by atoms with Crippen LogP contribution in [0.25, 0.3) is 0 Å². The zero-order valence-electron chi connectivity index (χ0n) is 10.3. The molecule has 18 heavy (non-hydrogen) atoms. The minimum absolute atomic E-state index is 0.131. The maximum absolute atomic E-state index is 13.0. The first-order valence-corrected chi connectivity index (χ1v) is 7.22. The third-order valence-electron chi connectivity index (χ3n) is 1.93. The van der Waals surface area contributed by atoms with Gasteiger partial charge in [0.05, 0.1) is 16.5 Å². The smallest absolute Gasteiger partial charge is 0.233 e. The Morgan fingerprint density at radius 2 is 1.94 bits per heavy atom. The van der Waals surface area contributed by atoms with Gasteiger partial charge in [-0.3, -0.25) is 4.72 Å². The third-order valence-corrected chi connectivity index (χ3v) is 3.99. The van der Waals surface area contributed by atoms with Gasteiger partial charge in [0.2, 0.25) is 10.0 Å². The van der Waals surface area contributed by atoms with E-state index in [0.717, 1.165) is 12.1 Å². The predicted octanol–water partition coefficient (Wildman–Crippen LogP) is 2.97. The Kier molecular flexibility index (Phi) is 4.12. The molecule has 1 aromatic rings. The molecule has 0 aromatic heterocycles. The Morgan fingerprint density at radius 3 is 2.44 bits per heavy atom. The fourth-order valence-corrected chi connectivity index (χ4v) is 3.27. The number of hydrogen-bond donors (Lipinski definition) is 2. The molecule has 0 saturated heterocycles. The molecular formula is C11H15ClFNO3S. The Labute approximate surface area is 111 Å². The van der Waals surface area contributed by atoms with E-state index in [1.165, 1.54) is 0 Å². The van der Waals surface area contributed by atoms with Gasteiger partial charge in [-0.05, 0) is 11.5 Å². The second-order valence-corrected chi connectivity index (χ2v) is 7.33. The van der Waals surface area contributed by atoms with Gasteiger partial charge in [0, 0.05) is 6.07 Å². The second-order valence-electron chi connectivity index (χ2n) is 5.21. The first kappa shape index (κ1) is 15.0. The van der Waals surface area contributed by atoms with E-state index >= 15 is 0 Å². The normalized spacial score (nSPS) is 12.5. The van der Waals surface area contributed by atoms with Crippen molar-refractivity contribution in [2.45, 2.75) is 20.8 Å². The molecule has 0 radical (unpaired) electrons. The molecule has 0 bridgehead atoms. The van der Waals surface area contributed by atoms with Crippen LogP contribution in [0, 0.1) is 11.2 Å². The lowest BCUT2D eigenvalue weighted by atomic mass is 10.0. The van der Waals surface area contributed by atoms with Gasteiger partial charge in [0.1, 0.15) is 11.6 Å². The topological polar surface area (TPSA) is 66.4 Å². The van der Waals surface area contributed by atoms with Gasteiger partial charge in [0.25, 0.3) is 0 Å². The molecule has 0 atom stereocenters. The summed E-state index contributed by atoms with van der Waals surface area (Å²) in [5.41, 5.74) is -0.573. The minimum Gasteiger partial charge on any atom is -0.506 e. The van der Waals surface area contributed by atoms with E-state index in [-0.39, 0.29) is 16.5 Å². The van der Waals surface area contributed by atoms with E-state index < -0.39 is 27.0 Å². The van der Waals surface area contributed by atoms with Crippen LogP contribution in [0.4, 0.5) is 10.1 Å². The van der Waals surface area contributed by atoms with Crippen LogP contribution in [0.2, 0.25) is 5.02 Å². The Morgan fingerprint density at radius 1 is 1.39 bits per heavy atom. The first-order valence-electron chi connectivity index (χ1n) is 5.19. The van der Waals surface area contributed by atoms with Crippen LogP contribution in [0.3, 0.4) is 0 Å². The Bertz CT molecular complexity index is 552. The van der Waals surface area contributed by atoms with Crippen LogP contribution in [0.15, 0.2) is 12.1 Å². The van der Waals surface area contributed by atoms with E-state index in [9.17, 15) is 17.9 Å². The van der Waals surface area contributed by atoms with Gasteiger partial charge in [0.15, 0.2) is 0 Å². The SMILES string of the molecule is CC(C)(C)CS(=O)(=O)Nc1cc(Cl)c(F)cc1O. The standard InChI is InChI=1S/C11H15ClFNO3S/c1-11(2,3)6-18(16,17)14-9-4-7(12)8(13)5-10(9)15/h4-5,14-15H,6H2,1-3H3. The number of rotatable bonds is 3. The fraction of sp³-hybridized carbons (Fsp3) is 0.455. The molecule has 0 unspecified atom stereocenters. The molecule has 1 aromatic carbocycles. The second kappa shape index (κ2) is 4.93. The highest BCUT2D eigenvalue weighted by Crippen LogP contribution is 2.30. The van der Waals surface area contributed by atoms with Crippen molar-refractivity contribution in [2.75, 3.05) is 10.5 Å². The number of phenolic OH excluding ortho intramolecular Hbond substituents is 1. The number of halogens is 2. The van der Waals surface area contributed by atoms with Crippen LogP contribution < -0.4 is 4.72 Å². The maximum atomic E-state index is 13.0. The highest BCUT2D eigenvalue weighted by molar-refractivity contribution is 7.92. The van der Waals surface area contributed by atoms with Crippen molar-refractivity contribution >= 4 is 27.3 Å². The van der Waals surface area contributed by atoms with Crippen LogP contribution in [-0.2, 0) is 10.0 Å². The zero-order valence-corrected chi connectivity index (χ0v) is 11.9. The molecule has 0 fully saturated rings. The third kappa shape index (κ3) is 4.34.